The topological polar surface area (TPSA) is 77.3 Å². The molecular formula is C23H18N4O3. The maximum Gasteiger partial charge on any atom is 0.332 e. The molecule has 3 aromatic rings. The normalized spacial score (nSPS) is 14.8. The second-order valence-electron chi connectivity index (χ2n) is 6.53. The first-order valence-corrected chi connectivity index (χ1v) is 9.29. The summed E-state index contributed by atoms with van der Waals surface area (Å²) in [6.07, 6.45) is 10.3. The van der Waals surface area contributed by atoms with Crippen LogP contribution in [-0.2, 0) is 9.53 Å². The molecule has 0 spiro atoms. The van der Waals surface area contributed by atoms with Gasteiger partial charge in [-0.1, -0.05) is 24.0 Å². The first kappa shape index (κ1) is 19.2. The van der Waals surface area contributed by atoms with Crippen LogP contribution in [0.25, 0.3) is 5.69 Å². The van der Waals surface area contributed by atoms with Gasteiger partial charge in [0.15, 0.2) is 0 Å². The van der Waals surface area contributed by atoms with E-state index in [0.29, 0.717) is 17.7 Å². The van der Waals surface area contributed by atoms with E-state index in [9.17, 15) is 9.59 Å². The van der Waals surface area contributed by atoms with E-state index in [2.05, 4.69) is 21.9 Å². The van der Waals surface area contributed by atoms with Crippen molar-refractivity contribution in [3.05, 3.63) is 90.0 Å². The van der Waals surface area contributed by atoms with Gasteiger partial charge >= 0.3 is 5.97 Å². The van der Waals surface area contributed by atoms with E-state index in [1.807, 2.05) is 24.4 Å². The van der Waals surface area contributed by atoms with Gasteiger partial charge in [-0.2, -0.15) is 5.10 Å². The quantitative estimate of drug-likeness (QED) is 0.384. The number of carbonyl (C=O) groups excluding carboxylic acids is 2. The monoisotopic (exact) mass is 398 g/mol. The molecular weight excluding hydrogens is 380 g/mol. The number of esters is 1. The number of nitrogens with zero attached hydrogens (tertiary/aromatic N) is 4. The summed E-state index contributed by atoms with van der Waals surface area (Å²) in [7, 11) is 1.31. The molecule has 0 unspecified atom stereocenters. The number of benzene rings is 1. The third-order valence-electron chi connectivity index (χ3n) is 4.66. The standard InChI is InChI=1S/C23H18N4O3/c1-30-23(29)21-6-3-13-26(21)22(28)19-9-10-20(27-14-4-12-25-27)18(15-19)8-7-17-5-2-11-24-16-17/h2-6,9-12,14-16,21H,13H2,1H3/t21-/m0/s1. The van der Waals surface area contributed by atoms with Crippen molar-refractivity contribution < 1.29 is 14.3 Å². The van der Waals surface area contributed by atoms with Crippen molar-refractivity contribution in [1.82, 2.24) is 19.7 Å². The second-order valence-corrected chi connectivity index (χ2v) is 6.53. The van der Waals surface area contributed by atoms with Crippen molar-refractivity contribution in [2.45, 2.75) is 6.04 Å². The Morgan fingerprint density at radius 3 is 2.80 bits per heavy atom. The molecule has 30 heavy (non-hydrogen) atoms. The number of hydrogen-bond donors (Lipinski definition) is 0. The molecule has 1 aliphatic rings. The molecule has 1 aromatic carbocycles. The molecule has 0 bridgehead atoms. The highest BCUT2D eigenvalue weighted by molar-refractivity contribution is 5.98. The van der Waals surface area contributed by atoms with Crippen LogP contribution in [0.1, 0.15) is 21.5 Å². The zero-order valence-corrected chi connectivity index (χ0v) is 16.2. The predicted octanol–water partition coefficient (Wildman–Crippen LogP) is 2.22. The number of methoxy groups -OCH3 is 1. The summed E-state index contributed by atoms with van der Waals surface area (Å²) in [5.41, 5.74) is 2.57. The lowest BCUT2D eigenvalue weighted by Gasteiger charge is -2.23. The molecule has 0 saturated carbocycles. The van der Waals surface area contributed by atoms with Crippen molar-refractivity contribution in [2.24, 2.45) is 0 Å². The molecule has 7 heteroatoms. The molecule has 1 aliphatic heterocycles. The molecule has 3 heterocycles. The van der Waals surface area contributed by atoms with Gasteiger partial charge in [-0.15, -0.1) is 0 Å². The molecule has 1 atom stereocenters. The molecule has 148 valence electrons. The summed E-state index contributed by atoms with van der Waals surface area (Å²) in [4.78, 5) is 30.6. The Kier molecular flexibility index (Phi) is 5.39. The highest BCUT2D eigenvalue weighted by Gasteiger charge is 2.32. The lowest BCUT2D eigenvalue weighted by Crippen LogP contribution is -2.41. The molecule has 1 amide bonds. The molecule has 0 fully saturated rings. The van der Waals surface area contributed by atoms with Crippen molar-refractivity contribution in [2.75, 3.05) is 13.7 Å². The van der Waals surface area contributed by atoms with E-state index in [1.54, 1.807) is 53.6 Å². The number of ether oxygens (including phenoxy) is 1. The van der Waals surface area contributed by atoms with Gasteiger partial charge in [0.1, 0.15) is 6.04 Å². The first-order valence-electron chi connectivity index (χ1n) is 9.29. The highest BCUT2D eigenvalue weighted by atomic mass is 16.5. The van der Waals surface area contributed by atoms with Gasteiger partial charge in [0.05, 0.1) is 18.4 Å². The third kappa shape index (κ3) is 3.84. The fraction of sp³-hybridized carbons (Fsp3) is 0.130. The van der Waals surface area contributed by atoms with Gasteiger partial charge in [-0.05, 0) is 36.4 Å². The van der Waals surface area contributed by atoms with Crippen molar-refractivity contribution in [3.63, 3.8) is 0 Å². The maximum absolute atomic E-state index is 13.1. The Bertz CT molecular complexity index is 1160. The smallest absolute Gasteiger partial charge is 0.332 e. The Hall–Kier alpha value is -4.18. The van der Waals surface area contributed by atoms with Crippen LogP contribution < -0.4 is 0 Å². The fourth-order valence-electron chi connectivity index (χ4n) is 3.18. The second kappa shape index (κ2) is 8.45. The number of aromatic nitrogens is 3. The van der Waals surface area contributed by atoms with Gasteiger partial charge < -0.3 is 9.64 Å². The van der Waals surface area contributed by atoms with Crippen molar-refractivity contribution in [3.8, 4) is 17.5 Å². The first-order chi connectivity index (χ1) is 14.7. The van der Waals surface area contributed by atoms with Crippen molar-refractivity contribution in [1.29, 1.82) is 0 Å². The maximum atomic E-state index is 13.1. The summed E-state index contributed by atoms with van der Waals surface area (Å²) in [6.45, 7) is 0.343. The fourth-order valence-corrected chi connectivity index (χ4v) is 3.18. The third-order valence-corrected chi connectivity index (χ3v) is 4.66. The summed E-state index contributed by atoms with van der Waals surface area (Å²) in [6, 6.07) is 9.98. The van der Waals surface area contributed by atoms with Crippen molar-refractivity contribution >= 4 is 11.9 Å². The van der Waals surface area contributed by atoms with Gasteiger partial charge in [-0.25, -0.2) is 9.48 Å². The average Bonchev–Trinajstić information content (AvgIpc) is 3.49. The van der Waals surface area contributed by atoms with Crippen LogP contribution in [0.4, 0.5) is 0 Å². The molecule has 0 radical (unpaired) electrons. The summed E-state index contributed by atoms with van der Waals surface area (Å²) >= 11 is 0. The van der Waals surface area contributed by atoms with E-state index < -0.39 is 12.0 Å². The van der Waals surface area contributed by atoms with Crippen LogP contribution in [0, 0.1) is 11.8 Å². The van der Waals surface area contributed by atoms with E-state index in [4.69, 9.17) is 4.74 Å². The minimum atomic E-state index is -0.724. The Labute approximate surface area is 173 Å². The van der Waals surface area contributed by atoms with Crippen LogP contribution >= 0.6 is 0 Å². The summed E-state index contributed by atoms with van der Waals surface area (Å²) < 4.78 is 6.50. The van der Waals surface area contributed by atoms with Crippen LogP contribution in [0.3, 0.4) is 0 Å². The zero-order valence-electron chi connectivity index (χ0n) is 16.2. The van der Waals surface area contributed by atoms with Crippen LogP contribution in [0.15, 0.2) is 73.3 Å². The number of hydrogen-bond acceptors (Lipinski definition) is 5. The summed E-state index contributed by atoms with van der Waals surface area (Å²) in [5.74, 6) is 5.45. The predicted molar refractivity (Wildman–Crippen MR) is 110 cm³/mol. The minimum Gasteiger partial charge on any atom is -0.467 e. The van der Waals surface area contributed by atoms with E-state index in [-0.39, 0.29) is 5.91 Å². The Morgan fingerprint density at radius 1 is 1.17 bits per heavy atom. The van der Waals surface area contributed by atoms with Gasteiger partial charge in [0.25, 0.3) is 5.91 Å². The van der Waals surface area contributed by atoms with Gasteiger partial charge in [0.2, 0.25) is 0 Å². The zero-order chi connectivity index (χ0) is 20.9. The number of carbonyl (C=O) groups is 2. The average molecular weight is 398 g/mol. The Balaban J connectivity index is 1.71. The molecule has 4 rings (SSSR count). The summed E-state index contributed by atoms with van der Waals surface area (Å²) in [5, 5.41) is 4.27. The molecule has 0 N–H and O–H groups in total. The Morgan fingerprint density at radius 2 is 2.07 bits per heavy atom. The number of rotatable bonds is 3. The van der Waals surface area contributed by atoms with E-state index >= 15 is 0 Å². The van der Waals surface area contributed by atoms with Crippen LogP contribution in [-0.4, -0.2) is 51.2 Å². The molecule has 0 aliphatic carbocycles. The van der Waals surface area contributed by atoms with Crippen LogP contribution in [0.2, 0.25) is 0 Å². The molecule has 0 saturated heterocycles. The lowest BCUT2D eigenvalue weighted by molar-refractivity contribution is -0.143. The largest absolute Gasteiger partial charge is 0.467 e. The molecule has 2 aromatic heterocycles. The van der Waals surface area contributed by atoms with E-state index in [0.717, 1.165) is 11.3 Å². The van der Waals surface area contributed by atoms with E-state index in [1.165, 1.54) is 12.0 Å². The molecule has 7 nitrogen and oxygen atoms in total. The minimum absolute atomic E-state index is 0.271. The SMILES string of the molecule is COC(=O)[C@@H]1C=CCN1C(=O)c1ccc(-n2cccn2)c(C#Cc2cccnc2)c1. The van der Waals surface area contributed by atoms with Gasteiger partial charge in [0, 0.05) is 42.5 Å². The number of pyridine rings is 1. The number of amides is 1. The lowest BCUT2D eigenvalue weighted by atomic mass is 10.1. The van der Waals surface area contributed by atoms with Gasteiger partial charge in [-0.3, -0.25) is 9.78 Å². The highest BCUT2D eigenvalue weighted by Crippen LogP contribution is 2.20. The van der Waals surface area contributed by atoms with Crippen LogP contribution in [0.5, 0.6) is 0 Å².